The Morgan fingerprint density at radius 3 is 2.60 bits per heavy atom. The van der Waals surface area contributed by atoms with Crippen molar-refractivity contribution < 1.29 is 14.3 Å². The zero-order chi connectivity index (χ0) is 18.2. The number of ether oxygens (including phenoxy) is 1. The van der Waals surface area contributed by atoms with Crippen LogP contribution in [0, 0.1) is 0 Å². The van der Waals surface area contributed by atoms with Crippen molar-refractivity contribution >= 4 is 29.1 Å². The maximum absolute atomic E-state index is 12.4. The number of carbonyl (C=O) groups excluding carboxylic acids is 2. The second-order valence-corrected chi connectivity index (χ2v) is 5.78. The van der Waals surface area contributed by atoms with Gasteiger partial charge in [-0.25, -0.2) is 4.98 Å². The van der Waals surface area contributed by atoms with Crippen LogP contribution in [0.15, 0.2) is 42.6 Å². The number of carbonyl (C=O) groups is 2. The zero-order valence-electron chi connectivity index (χ0n) is 14.1. The monoisotopic (exact) mass is 361 g/mol. The first-order valence-electron chi connectivity index (χ1n) is 7.89. The Morgan fingerprint density at radius 1 is 1.24 bits per heavy atom. The van der Waals surface area contributed by atoms with Gasteiger partial charge >= 0.3 is 0 Å². The van der Waals surface area contributed by atoms with E-state index in [9.17, 15) is 9.59 Å². The van der Waals surface area contributed by atoms with Gasteiger partial charge in [0.15, 0.2) is 0 Å². The van der Waals surface area contributed by atoms with E-state index >= 15 is 0 Å². The van der Waals surface area contributed by atoms with Crippen molar-refractivity contribution in [1.82, 2.24) is 10.3 Å². The van der Waals surface area contributed by atoms with Gasteiger partial charge in [-0.15, -0.1) is 0 Å². The summed E-state index contributed by atoms with van der Waals surface area (Å²) >= 11 is 5.89. The lowest BCUT2D eigenvalue weighted by Gasteiger charge is -2.18. The van der Waals surface area contributed by atoms with Crippen LogP contribution >= 0.6 is 11.6 Å². The number of hydrogen-bond donors (Lipinski definition) is 2. The molecule has 0 fully saturated rings. The van der Waals surface area contributed by atoms with Crippen LogP contribution in [0.1, 0.15) is 31.9 Å². The maximum Gasteiger partial charge on any atom is 0.237 e. The van der Waals surface area contributed by atoms with Crippen LogP contribution < -0.4 is 15.4 Å². The highest BCUT2D eigenvalue weighted by atomic mass is 35.5. The first-order valence-corrected chi connectivity index (χ1v) is 8.27. The van der Waals surface area contributed by atoms with Gasteiger partial charge in [0.2, 0.25) is 17.7 Å². The van der Waals surface area contributed by atoms with Crippen molar-refractivity contribution in [2.45, 2.75) is 26.3 Å². The van der Waals surface area contributed by atoms with E-state index in [0.29, 0.717) is 23.2 Å². The third-order valence-corrected chi connectivity index (χ3v) is 3.62. The fraction of sp³-hybridized carbons (Fsp3) is 0.278. The summed E-state index contributed by atoms with van der Waals surface area (Å²) in [5.74, 6) is -0.118. The Morgan fingerprint density at radius 2 is 1.96 bits per heavy atom. The summed E-state index contributed by atoms with van der Waals surface area (Å²) in [5.41, 5.74) is 1.29. The molecule has 1 atom stereocenters. The largest absolute Gasteiger partial charge is 0.476 e. The lowest BCUT2D eigenvalue weighted by molar-refractivity contribution is -0.120. The first-order chi connectivity index (χ1) is 12.0. The number of hydrogen-bond acceptors (Lipinski definition) is 4. The average Bonchev–Trinajstić information content (AvgIpc) is 2.56. The highest BCUT2D eigenvalue weighted by molar-refractivity contribution is 6.30. The number of amides is 2. The Kier molecular flexibility index (Phi) is 6.77. The predicted molar refractivity (Wildman–Crippen MR) is 96.7 cm³/mol. The molecule has 1 aromatic heterocycles. The number of benzene rings is 1. The normalized spacial score (nSPS) is 11.5. The van der Waals surface area contributed by atoms with Gasteiger partial charge < -0.3 is 15.4 Å². The van der Waals surface area contributed by atoms with E-state index < -0.39 is 6.04 Å². The molecule has 0 spiro atoms. The van der Waals surface area contributed by atoms with Crippen LogP contribution in [-0.2, 0) is 9.59 Å². The van der Waals surface area contributed by atoms with Crippen molar-refractivity contribution in [2.24, 2.45) is 0 Å². The summed E-state index contributed by atoms with van der Waals surface area (Å²) < 4.78 is 5.39. The number of rotatable bonds is 7. The minimum Gasteiger partial charge on any atom is -0.476 e. The standard InChI is InChI=1S/C18H20ClN3O3/c1-3-25-18-15(5-4-10-20-18)22-17(24)11-16(21-12(2)23)13-6-8-14(19)9-7-13/h4-10,16H,3,11H2,1-2H3,(H,21,23)(H,22,24). The summed E-state index contributed by atoms with van der Waals surface area (Å²) in [6.45, 7) is 3.70. The highest BCUT2D eigenvalue weighted by Gasteiger charge is 2.18. The molecular formula is C18H20ClN3O3. The lowest BCUT2D eigenvalue weighted by atomic mass is 10.0. The van der Waals surface area contributed by atoms with Gasteiger partial charge in [-0.1, -0.05) is 23.7 Å². The van der Waals surface area contributed by atoms with Gasteiger partial charge in [-0.3, -0.25) is 9.59 Å². The number of aromatic nitrogens is 1. The molecule has 1 unspecified atom stereocenters. The van der Waals surface area contributed by atoms with E-state index in [0.717, 1.165) is 5.56 Å². The second kappa shape index (κ2) is 9.03. The van der Waals surface area contributed by atoms with Crippen molar-refractivity contribution in [3.8, 4) is 5.88 Å². The van der Waals surface area contributed by atoms with Crippen molar-refractivity contribution in [2.75, 3.05) is 11.9 Å². The summed E-state index contributed by atoms with van der Waals surface area (Å²) in [4.78, 5) is 28.0. The fourth-order valence-corrected chi connectivity index (χ4v) is 2.44. The maximum atomic E-state index is 12.4. The summed E-state index contributed by atoms with van der Waals surface area (Å²) in [6.07, 6.45) is 1.66. The van der Waals surface area contributed by atoms with Crippen LogP contribution in [0.3, 0.4) is 0 Å². The number of anilines is 1. The van der Waals surface area contributed by atoms with Crippen LogP contribution in [0.25, 0.3) is 0 Å². The zero-order valence-corrected chi connectivity index (χ0v) is 14.8. The van der Waals surface area contributed by atoms with E-state index in [1.54, 1.807) is 42.6 Å². The van der Waals surface area contributed by atoms with Gasteiger partial charge in [0.1, 0.15) is 5.69 Å². The van der Waals surface area contributed by atoms with Crippen molar-refractivity contribution in [3.05, 3.63) is 53.2 Å². The van der Waals surface area contributed by atoms with Gasteiger partial charge in [0.05, 0.1) is 19.1 Å². The van der Waals surface area contributed by atoms with E-state index in [1.807, 2.05) is 6.92 Å². The molecule has 25 heavy (non-hydrogen) atoms. The average molecular weight is 362 g/mol. The van der Waals surface area contributed by atoms with Crippen LogP contribution in [0.4, 0.5) is 5.69 Å². The third kappa shape index (κ3) is 5.76. The molecular weight excluding hydrogens is 342 g/mol. The van der Waals surface area contributed by atoms with Gasteiger partial charge in [0.25, 0.3) is 0 Å². The number of nitrogens with zero attached hydrogens (tertiary/aromatic N) is 1. The topological polar surface area (TPSA) is 80.3 Å². The highest BCUT2D eigenvalue weighted by Crippen LogP contribution is 2.23. The summed E-state index contributed by atoms with van der Waals surface area (Å²) in [6, 6.07) is 9.98. The molecule has 6 nitrogen and oxygen atoms in total. The van der Waals surface area contributed by atoms with E-state index in [1.165, 1.54) is 6.92 Å². The molecule has 132 valence electrons. The van der Waals surface area contributed by atoms with E-state index in [4.69, 9.17) is 16.3 Å². The van der Waals surface area contributed by atoms with E-state index in [2.05, 4.69) is 15.6 Å². The van der Waals surface area contributed by atoms with E-state index in [-0.39, 0.29) is 18.2 Å². The smallest absolute Gasteiger partial charge is 0.237 e. The Balaban J connectivity index is 2.11. The van der Waals surface area contributed by atoms with Crippen molar-refractivity contribution in [3.63, 3.8) is 0 Å². The van der Waals surface area contributed by atoms with Gasteiger partial charge in [-0.05, 0) is 36.8 Å². The summed E-state index contributed by atoms with van der Waals surface area (Å²) in [7, 11) is 0. The number of pyridine rings is 1. The second-order valence-electron chi connectivity index (χ2n) is 5.35. The molecule has 2 amide bonds. The van der Waals surface area contributed by atoms with Crippen molar-refractivity contribution in [1.29, 1.82) is 0 Å². The minimum atomic E-state index is -0.456. The Bertz CT molecular complexity index is 735. The molecule has 0 bridgehead atoms. The molecule has 0 saturated heterocycles. The van der Waals surface area contributed by atoms with Crippen LogP contribution in [-0.4, -0.2) is 23.4 Å². The molecule has 2 rings (SSSR count). The molecule has 1 aromatic carbocycles. The molecule has 1 heterocycles. The van der Waals surface area contributed by atoms with Gasteiger partial charge in [-0.2, -0.15) is 0 Å². The Hall–Kier alpha value is -2.60. The lowest BCUT2D eigenvalue weighted by Crippen LogP contribution is -2.29. The Labute approximate surface area is 151 Å². The molecule has 0 aliphatic heterocycles. The van der Waals surface area contributed by atoms with Crippen LogP contribution in [0.2, 0.25) is 5.02 Å². The fourth-order valence-electron chi connectivity index (χ4n) is 2.32. The van der Waals surface area contributed by atoms with Gasteiger partial charge in [0, 0.05) is 18.1 Å². The molecule has 0 radical (unpaired) electrons. The molecule has 0 aliphatic carbocycles. The minimum absolute atomic E-state index is 0.0711. The summed E-state index contributed by atoms with van der Waals surface area (Å²) in [5, 5.41) is 6.15. The van der Waals surface area contributed by atoms with Crippen LogP contribution in [0.5, 0.6) is 5.88 Å². The molecule has 2 N–H and O–H groups in total. The molecule has 7 heteroatoms. The SMILES string of the molecule is CCOc1ncccc1NC(=O)CC(NC(C)=O)c1ccc(Cl)cc1. The quantitative estimate of drug-likeness (QED) is 0.792. The predicted octanol–water partition coefficient (Wildman–Crippen LogP) is 3.34. The number of halogens is 1. The number of nitrogens with one attached hydrogen (secondary N) is 2. The molecule has 2 aromatic rings. The molecule has 0 aliphatic rings. The third-order valence-electron chi connectivity index (χ3n) is 3.37. The first kappa shape index (κ1) is 18.7. The molecule has 0 saturated carbocycles.